The van der Waals surface area contributed by atoms with Crippen molar-refractivity contribution in [3.63, 3.8) is 0 Å². The largest absolute Gasteiger partial charge is 0.459 e. The topological polar surface area (TPSA) is 79.8 Å². The van der Waals surface area contributed by atoms with Gasteiger partial charge in [-0.2, -0.15) is 0 Å². The van der Waals surface area contributed by atoms with Gasteiger partial charge in [0.2, 0.25) is 11.8 Å². The normalized spacial score (nSPS) is 14.5. The minimum absolute atomic E-state index is 0.0485. The van der Waals surface area contributed by atoms with Gasteiger partial charge in [-0.25, -0.2) is 0 Å². The Labute approximate surface area is 151 Å². The van der Waals surface area contributed by atoms with E-state index < -0.39 is 5.97 Å². The van der Waals surface area contributed by atoms with Gasteiger partial charge in [0.1, 0.15) is 26.2 Å². The molecule has 7 nitrogen and oxygen atoms in total. The maximum Gasteiger partial charge on any atom is 0.325 e. The lowest BCUT2D eigenvalue weighted by Gasteiger charge is -2.33. The van der Waals surface area contributed by atoms with Crippen molar-refractivity contribution in [1.82, 2.24) is 14.8 Å². The average molecular weight is 353 g/mol. The second-order valence-electron chi connectivity index (χ2n) is 6.00. The van der Waals surface area contributed by atoms with E-state index in [2.05, 4.69) is 4.98 Å². The summed E-state index contributed by atoms with van der Waals surface area (Å²) in [6.07, 6.45) is 3.28. The van der Waals surface area contributed by atoms with E-state index in [1.54, 1.807) is 24.5 Å². The van der Waals surface area contributed by atoms with Gasteiger partial charge in [0.05, 0.1) is 0 Å². The third kappa shape index (κ3) is 4.66. The highest BCUT2D eigenvalue weighted by Crippen LogP contribution is 2.10. The summed E-state index contributed by atoms with van der Waals surface area (Å²) in [7, 11) is 0. The summed E-state index contributed by atoms with van der Waals surface area (Å²) in [4.78, 5) is 43.1. The van der Waals surface area contributed by atoms with Gasteiger partial charge >= 0.3 is 5.97 Å². The number of hydrogen-bond acceptors (Lipinski definition) is 5. The Balaban J connectivity index is 1.50. The average Bonchev–Trinajstić information content (AvgIpc) is 2.66. The van der Waals surface area contributed by atoms with Crippen LogP contribution in [0.5, 0.6) is 0 Å². The van der Waals surface area contributed by atoms with Crippen molar-refractivity contribution in [3.05, 3.63) is 66.0 Å². The van der Waals surface area contributed by atoms with E-state index in [9.17, 15) is 14.4 Å². The van der Waals surface area contributed by atoms with Crippen LogP contribution in [0.25, 0.3) is 0 Å². The zero-order chi connectivity index (χ0) is 18.4. The summed E-state index contributed by atoms with van der Waals surface area (Å²) < 4.78 is 5.17. The molecule has 0 atom stereocenters. The first-order valence-corrected chi connectivity index (χ1v) is 8.26. The molecular weight excluding hydrogens is 334 g/mol. The zero-order valence-electron chi connectivity index (χ0n) is 14.2. The first-order chi connectivity index (χ1) is 12.6. The van der Waals surface area contributed by atoms with Crippen molar-refractivity contribution in [1.29, 1.82) is 0 Å². The highest BCUT2D eigenvalue weighted by molar-refractivity contribution is 5.94. The summed E-state index contributed by atoms with van der Waals surface area (Å²) in [6.45, 7) is 0.0984. The second-order valence-corrected chi connectivity index (χ2v) is 6.00. The molecule has 0 spiro atoms. The summed E-state index contributed by atoms with van der Waals surface area (Å²) in [6, 6.07) is 12.9. The van der Waals surface area contributed by atoms with Gasteiger partial charge in [-0.1, -0.05) is 30.3 Å². The smallest absolute Gasteiger partial charge is 0.325 e. The number of pyridine rings is 1. The number of piperazine rings is 1. The first kappa shape index (κ1) is 17.6. The molecule has 2 heterocycles. The van der Waals surface area contributed by atoms with E-state index in [1.807, 2.05) is 30.3 Å². The van der Waals surface area contributed by atoms with Crippen LogP contribution in [0, 0.1) is 0 Å². The van der Waals surface area contributed by atoms with E-state index >= 15 is 0 Å². The van der Waals surface area contributed by atoms with Crippen LogP contribution in [0.2, 0.25) is 0 Å². The number of benzene rings is 1. The summed E-state index contributed by atoms with van der Waals surface area (Å²) in [5, 5.41) is 0. The maximum absolute atomic E-state index is 12.3. The van der Waals surface area contributed by atoms with Gasteiger partial charge in [0, 0.05) is 18.9 Å². The van der Waals surface area contributed by atoms with Crippen molar-refractivity contribution in [2.75, 3.05) is 19.6 Å². The molecule has 1 aliphatic rings. The van der Waals surface area contributed by atoms with Gasteiger partial charge < -0.3 is 14.5 Å². The van der Waals surface area contributed by atoms with Crippen LogP contribution in [0.1, 0.15) is 11.1 Å². The third-order valence-corrected chi connectivity index (χ3v) is 4.04. The van der Waals surface area contributed by atoms with Crippen LogP contribution in [0.3, 0.4) is 0 Å². The molecule has 0 radical (unpaired) electrons. The fourth-order valence-corrected chi connectivity index (χ4v) is 2.64. The molecule has 0 saturated carbocycles. The van der Waals surface area contributed by atoms with Crippen molar-refractivity contribution >= 4 is 17.8 Å². The lowest BCUT2D eigenvalue weighted by atomic mass is 10.2. The van der Waals surface area contributed by atoms with Crippen LogP contribution < -0.4 is 0 Å². The number of aromatic nitrogens is 1. The molecule has 1 fully saturated rings. The van der Waals surface area contributed by atoms with Gasteiger partial charge in [0.15, 0.2) is 0 Å². The van der Waals surface area contributed by atoms with Crippen molar-refractivity contribution in [2.45, 2.75) is 13.2 Å². The lowest BCUT2D eigenvalue weighted by molar-refractivity contribution is -0.157. The molecular formula is C19H19N3O4. The number of carbonyl (C=O) groups is 3. The van der Waals surface area contributed by atoms with E-state index in [1.165, 1.54) is 9.80 Å². The fraction of sp³-hybridized carbons (Fsp3) is 0.263. The lowest BCUT2D eigenvalue weighted by Crippen LogP contribution is -2.54. The summed E-state index contributed by atoms with van der Waals surface area (Å²) in [5.74, 6) is -0.995. The minimum atomic E-state index is -0.530. The molecule has 26 heavy (non-hydrogen) atoms. The standard InChI is InChI=1S/C19H19N3O4/c23-17-12-22(13-19(25)26-14-16-4-2-1-3-5-16)18(24)11-21(17)10-15-6-8-20-9-7-15/h1-9H,10-14H2. The molecule has 134 valence electrons. The Morgan fingerprint density at radius 1 is 0.923 bits per heavy atom. The Morgan fingerprint density at radius 3 is 2.31 bits per heavy atom. The number of esters is 1. The maximum atomic E-state index is 12.3. The third-order valence-electron chi connectivity index (χ3n) is 4.04. The zero-order valence-corrected chi connectivity index (χ0v) is 14.2. The Morgan fingerprint density at radius 2 is 1.58 bits per heavy atom. The monoisotopic (exact) mass is 353 g/mol. The number of ether oxygens (including phenoxy) is 1. The molecule has 0 aliphatic carbocycles. The summed E-state index contributed by atoms with van der Waals surface area (Å²) in [5.41, 5.74) is 1.77. The minimum Gasteiger partial charge on any atom is -0.459 e. The van der Waals surface area contributed by atoms with Gasteiger partial charge in [-0.3, -0.25) is 19.4 Å². The van der Waals surface area contributed by atoms with Crippen molar-refractivity contribution in [3.8, 4) is 0 Å². The molecule has 7 heteroatoms. The van der Waals surface area contributed by atoms with Crippen LogP contribution in [0.15, 0.2) is 54.9 Å². The summed E-state index contributed by atoms with van der Waals surface area (Å²) >= 11 is 0. The fourth-order valence-electron chi connectivity index (χ4n) is 2.64. The van der Waals surface area contributed by atoms with E-state index in [4.69, 9.17) is 4.74 Å². The number of amides is 2. The van der Waals surface area contributed by atoms with Crippen LogP contribution in [-0.4, -0.2) is 52.2 Å². The van der Waals surface area contributed by atoms with Crippen LogP contribution in [0.4, 0.5) is 0 Å². The second kappa shape index (κ2) is 8.24. The van der Waals surface area contributed by atoms with Crippen LogP contribution in [-0.2, 0) is 32.3 Å². The first-order valence-electron chi connectivity index (χ1n) is 8.26. The highest BCUT2D eigenvalue weighted by Gasteiger charge is 2.31. The van der Waals surface area contributed by atoms with Crippen molar-refractivity contribution < 1.29 is 19.1 Å². The SMILES string of the molecule is O=C(CN1CC(=O)N(Cc2ccncc2)CC1=O)OCc1ccccc1. The Hall–Kier alpha value is -3.22. The molecule has 0 unspecified atom stereocenters. The van der Waals surface area contributed by atoms with Gasteiger partial charge in [-0.05, 0) is 23.3 Å². The van der Waals surface area contributed by atoms with Crippen LogP contribution >= 0.6 is 0 Å². The molecule has 3 rings (SSSR count). The molecule has 1 aromatic heterocycles. The predicted octanol–water partition coefficient (Wildman–Crippen LogP) is 0.996. The number of rotatable bonds is 6. The van der Waals surface area contributed by atoms with E-state index in [0.717, 1.165) is 11.1 Å². The van der Waals surface area contributed by atoms with Crippen molar-refractivity contribution in [2.24, 2.45) is 0 Å². The predicted molar refractivity (Wildman–Crippen MR) is 92.5 cm³/mol. The Bertz CT molecular complexity index is 778. The number of hydrogen-bond donors (Lipinski definition) is 0. The van der Waals surface area contributed by atoms with E-state index in [0.29, 0.717) is 6.54 Å². The molecule has 2 aromatic rings. The molecule has 1 saturated heterocycles. The molecule has 1 aromatic carbocycles. The quantitative estimate of drug-likeness (QED) is 0.724. The molecule has 2 amide bonds. The Kier molecular flexibility index (Phi) is 5.58. The molecule has 0 N–H and O–H groups in total. The molecule has 1 aliphatic heterocycles. The van der Waals surface area contributed by atoms with Gasteiger partial charge in [-0.15, -0.1) is 0 Å². The van der Waals surface area contributed by atoms with Gasteiger partial charge in [0.25, 0.3) is 0 Å². The van der Waals surface area contributed by atoms with E-state index in [-0.39, 0.29) is 38.1 Å². The number of nitrogens with zero attached hydrogens (tertiary/aromatic N) is 3. The molecule has 0 bridgehead atoms. The highest BCUT2D eigenvalue weighted by atomic mass is 16.5. The number of carbonyl (C=O) groups excluding carboxylic acids is 3.